The van der Waals surface area contributed by atoms with Crippen LogP contribution in [0.4, 0.5) is 5.69 Å². The van der Waals surface area contributed by atoms with Gasteiger partial charge in [0.2, 0.25) is 5.91 Å². The molecule has 1 aliphatic heterocycles. The molecule has 34 heavy (non-hydrogen) atoms. The van der Waals surface area contributed by atoms with Crippen LogP contribution in [-0.2, 0) is 10.4 Å². The average molecular weight is 488 g/mol. The lowest BCUT2D eigenvalue weighted by Gasteiger charge is -2.51. The zero-order valence-electron chi connectivity index (χ0n) is 19.7. The molecule has 2 unspecified atom stereocenters. The molecule has 182 valence electrons. The number of aliphatic hydroxyl groups is 1. The van der Waals surface area contributed by atoms with Gasteiger partial charge in [0, 0.05) is 41.2 Å². The van der Waals surface area contributed by atoms with Crippen molar-refractivity contribution in [2.75, 3.05) is 13.1 Å². The molecule has 0 aliphatic carbocycles. The predicted octanol–water partition coefficient (Wildman–Crippen LogP) is 4.15. The number of carbonyl (C=O) groups excluding carboxylic acids is 2. The quantitative estimate of drug-likeness (QED) is 0.469. The van der Waals surface area contributed by atoms with Crippen molar-refractivity contribution < 1.29 is 19.6 Å². The molecule has 0 spiro atoms. The Hall–Kier alpha value is -2.97. The van der Waals surface area contributed by atoms with E-state index in [2.05, 4.69) is 5.32 Å². The van der Waals surface area contributed by atoms with E-state index in [0.29, 0.717) is 24.5 Å². The molecule has 1 saturated heterocycles. The number of benzene rings is 2. The van der Waals surface area contributed by atoms with Crippen molar-refractivity contribution in [3.05, 3.63) is 74.8 Å². The fourth-order valence-corrected chi connectivity index (χ4v) is 4.59. The number of nitro benzene ring substituents is 1. The number of nitrogens with one attached hydrogen (secondary N) is 1. The number of amides is 2. The highest BCUT2D eigenvalue weighted by Gasteiger charge is 2.50. The van der Waals surface area contributed by atoms with E-state index in [1.807, 2.05) is 27.7 Å². The van der Waals surface area contributed by atoms with E-state index in [1.54, 1.807) is 29.2 Å². The summed E-state index contributed by atoms with van der Waals surface area (Å²) in [4.78, 5) is 38.4. The first-order valence-electron chi connectivity index (χ1n) is 11.2. The number of non-ortho nitro benzene ring substituents is 1. The van der Waals surface area contributed by atoms with Crippen molar-refractivity contribution in [3.63, 3.8) is 0 Å². The number of nitrogens with zero attached hydrogens (tertiary/aromatic N) is 2. The van der Waals surface area contributed by atoms with E-state index in [9.17, 15) is 24.8 Å². The van der Waals surface area contributed by atoms with E-state index < -0.39 is 27.9 Å². The van der Waals surface area contributed by atoms with E-state index in [0.717, 1.165) is 5.56 Å². The molecule has 2 amide bonds. The number of carbonyl (C=O) groups is 2. The molecule has 2 aromatic carbocycles. The number of hydrogen-bond donors (Lipinski definition) is 2. The molecule has 0 aromatic heterocycles. The number of halogens is 1. The predicted molar refractivity (Wildman–Crippen MR) is 130 cm³/mol. The number of likely N-dealkylation sites (tertiary alicyclic amines) is 1. The summed E-state index contributed by atoms with van der Waals surface area (Å²) in [7, 11) is 0. The lowest BCUT2D eigenvalue weighted by molar-refractivity contribution is -0.384. The van der Waals surface area contributed by atoms with Crippen molar-refractivity contribution in [2.24, 2.45) is 11.3 Å². The SMILES string of the molecule is CC(C)C(NC(=O)c1cccc([N+](=O)[O-])c1)C(=O)N1CCC(O)(c2ccc(Cl)cc2)C(C)(C)C1. The van der Waals surface area contributed by atoms with Crippen molar-refractivity contribution >= 4 is 29.1 Å². The average Bonchev–Trinajstić information content (AvgIpc) is 2.78. The molecule has 0 saturated carbocycles. The number of piperidine rings is 1. The van der Waals surface area contributed by atoms with Crippen molar-refractivity contribution in [1.29, 1.82) is 0 Å². The van der Waals surface area contributed by atoms with Gasteiger partial charge in [0.15, 0.2) is 0 Å². The molecule has 0 radical (unpaired) electrons. The van der Waals surface area contributed by atoms with Gasteiger partial charge in [0.25, 0.3) is 11.6 Å². The standard InChI is InChI=1S/C25H30ClN3O5/c1-16(2)21(27-22(30)17-6-5-7-20(14-17)29(33)34)23(31)28-13-12-25(32,24(3,4)15-28)18-8-10-19(26)11-9-18/h5-11,14,16,21,32H,12-13,15H2,1-4H3,(H,27,30). The summed E-state index contributed by atoms with van der Waals surface area (Å²) in [5, 5.41) is 25.9. The zero-order valence-corrected chi connectivity index (χ0v) is 20.5. The minimum absolute atomic E-state index is 0.115. The monoisotopic (exact) mass is 487 g/mol. The smallest absolute Gasteiger partial charge is 0.270 e. The second-order valence-electron chi connectivity index (χ2n) is 9.76. The largest absolute Gasteiger partial charge is 0.384 e. The van der Waals surface area contributed by atoms with E-state index >= 15 is 0 Å². The van der Waals surface area contributed by atoms with Gasteiger partial charge in [-0.3, -0.25) is 19.7 Å². The topological polar surface area (TPSA) is 113 Å². The summed E-state index contributed by atoms with van der Waals surface area (Å²) < 4.78 is 0. The first kappa shape index (κ1) is 25.6. The van der Waals surface area contributed by atoms with E-state index in [4.69, 9.17) is 11.6 Å². The summed E-state index contributed by atoms with van der Waals surface area (Å²) in [6.07, 6.45) is 0.330. The highest BCUT2D eigenvalue weighted by molar-refractivity contribution is 6.30. The summed E-state index contributed by atoms with van der Waals surface area (Å²) in [5.41, 5.74) is -1.15. The summed E-state index contributed by atoms with van der Waals surface area (Å²) in [6, 6.07) is 11.7. The van der Waals surface area contributed by atoms with Crippen LogP contribution in [0.5, 0.6) is 0 Å². The fraction of sp³-hybridized carbons (Fsp3) is 0.440. The Morgan fingerprint density at radius 2 is 1.82 bits per heavy atom. The zero-order chi connectivity index (χ0) is 25.3. The van der Waals surface area contributed by atoms with Crippen LogP contribution in [0, 0.1) is 21.4 Å². The van der Waals surface area contributed by atoms with Gasteiger partial charge in [-0.15, -0.1) is 0 Å². The third-order valence-corrected chi connectivity index (χ3v) is 6.87. The first-order chi connectivity index (χ1) is 15.9. The van der Waals surface area contributed by atoms with Gasteiger partial charge in [-0.25, -0.2) is 0 Å². The maximum absolute atomic E-state index is 13.5. The highest BCUT2D eigenvalue weighted by atomic mass is 35.5. The minimum Gasteiger partial charge on any atom is -0.384 e. The molecular formula is C25H30ClN3O5. The number of rotatable bonds is 6. The lowest BCUT2D eigenvalue weighted by atomic mass is 9.66. The van der Waals surface area contributed by atoms with E-state index in [1.165, 1.54) is 24.3 Å². The van der Waals surface area contributed by atoms with Crippen LogP contribution in [0.3, 0.4) is 0 Å². The van der Waals surface area contributed by atoms with Crippen LogP contribution in [-0.4, -0.2) is 45.9 Å². The Bertz CT molecular complexity index is 1090. The molecule has 2 aromatic rings. The molecule has 1 heterocycles. The Morgan fingerprint density at radius 3 is 2.38 bits per heavy atom. The van der Waals surface area contributed by atoms with Crippen LogP contribution < -0.4 is 5.32 Å². The molecule has 2 N–H and O–H groups in total. The Kier molecular flexibility index (Phi) is 7.33. The molecule has 0 bridgehead atoms. The minimum atomic E-state index is -1.14. The molecule has 3 rings (SSSR count). The fourth-order valence-electron chi connectivity index (χ4n) is 4.47. The first-order valence-corrected chi connectivity index (χ1v) is 11.6. The van der Waals surface area contributed by atoms with Gasteiger partial charge in [-0.1, -0.05) is 57.5 Å². The highest BCUT2D eigenvalue weighted by Crippen LogP contribution is 2.46. The van der Waals surface area contributed by atoms with Gasteiger partial charge >= 0.3 is 0 Å². The lowest BCUT2D eigenvalue weighted by Crippen LogP contribution is -2.60. The Labute approximate surface area is 204 Å². The van der Waals surface area contributed by atoms with Crippen molar-refractivity contribution in [2.45, 2.75) is 45.8 Å². The molecule has 1 fully saturated rings. The number of nitro groups is 1. The second-order valence-corrected chi connectivity index (χ2v) is 10.2. The molecular weight excluding hydrogens is 458 g/mol. The summed E-state index contributed by atoms with van der Waals surface area (Å²) in [6.45, 7) is 8.09. The van der Waals surface area contributed by atoms with Crippen LogP contribution in [0.1, 0.15) is 50.0 Å². The normalized spacial score (nSPS) is 20.6. The van der Waals surface area contributed by atoms with Gasteiger partial charge in [-0.05, 0) is 36.1 Å². The summed E-state index contributed by atoms with van der Waals surface area (Å²) in [5.74, 6) is -1.01. The Balaban J connectivity index is 1.78. The van der Waals surface area contributed by atoms with Crippen LogP contribution in [0.15, 0.2) is 48.5 Å². The van der Waals surface area contributed by atoms with Gasteiger partial charge in [0.05, 0.1) is 10.5 Å². The van der Waals surface area contributed by atoms with Crippen molar-refractivity contribution in [3.8, 4) is 0 Å². The Morgan fingerprint density at radius 1 is 1.18 bits per heavy atom. The van der Waals surface area contributed by atoms with Crippen molar-refractivity contribution in [1.82, 2.24) is 10.2 Å². The third kappa shape index (κ3) is 5.08. The number of hydrogen-bond acceptors (Lipinski definition) is 5. The van der Waals surface area contributed by atoms with Crippen LogP contribution >= 0.6 is 11.6 Å². The second kappa shape index (κ2) is 9.72. The van der Waals surface area contributed by atoms with Gasteiger partial charge in [0.1, 0.15) is 6.04 Å². The molecule has 9 heteroatoms. The van der Waals surface area contributed by atoms with Crippen LogP contribution in [0.25, 0.3) is 0 Å². The van der Waals surface area contributed by atoms with Gasteiger partial charge < -0.3 is 15.3 Å². The summed E-state index contributed by atoms with van der Waals surface area (Å²) >= 11 is 6.00. The van der Waals surface area contributed by atoms with Crippen LogP contribution in [0.2, 0.25) is 5.02 Å². The van der Waals surface area contributed by atoms with Gasteiger partial charge in [-0.2, -0.15) is 0 Å². The molecule has 1 aliphatic rings. The maximum atomic E-state index is 13.5. The van der Waals surface area contributed by atoms with E-state index in [-0.39, 0.29) is 23.1 Å². The maximum Gasteiger partial charge on any atom is 0.270 e. The molecule has 8 nitrogen and oxygen atoms in total. The third-order valence-electron chi connectivity index (χ3n) is 6.62. The molecule has 2 atom stereocenters.